The van der Waals surface area contributed by atoms with Crippen molar-refractivity contribution in [3.8, 4) is 6.07 Å². The number of aromatic nitrogens is 2. The number of nitriles is 1. The molecule has 0 bridgehead atoms. The molecule has 0 N–H and O–H groups in total. The normalized spacial score (nSPS) is 10.5. The highest BCUT2D eigenvalue weighted by Gasteiger charge is 2.10. The van der Waals surface area contributed by atoms with Gasteiger partial charge < -0.3 is 4.74 Å². The second-order valence-corrected chi connectivity index (χ2v) is 4.11. The van der Waals surface area contributed by atoms with Crippen molar-refractivity contribution >= 4 is 0 Å². The van der Waals surface area contributed by atoms with E-state index >= 15 is 0 Å². The van der Waals surface area contributed by atoms with Gasteiger partial charge in [0.1, 0.15) is 0 Å². The van der Waals surface area contributed by atoms with Crippen molar-refractivity contribution in [2.45, 2.75) is 32.7 Å². The van der Waals surface area contributed by atoms with Crippen LogP contribution < -0.4 is 5.56 Å². The molecule has 0 radical (unpaired) electrons. The summed E-state index contributed by atoms with van der Waals surface area (Å²) >= 11 is 0. The van der Waals surface area contributed by atoms with Crippen molar-refractivity contribution in [1.29, 1.82) is 5.26 Å². The molecule has 0 aliphatic heterocycles. The predicted molar refractivity (Wildman–Crippen MR) is 63.8 cm³/mol. The lowest BCUT2D eigenvalue weighted by molar-refractivity contribution is 0.181. The molecule has 17 heavy (non-hydrogen) atoms. The van der Waals surface area contributed by atoms with Crippen molar-refractivity contribution in [1.82, 2.24) is 9.78 Å². The summed E-state index contributed by atoms with van der Waals surface area (Å²) in [4.78, 5) is 11.9. The Kier molecular flexibility index (Phi) is 4.85. The number of methoxy groups -OCH3 is 1. The zero-order valence-electron chi connectivity index (χ0n) is 10.4. The Morgan fingerprint density at radius 1 is 1.59 bits per heavy atom. The molecule has 0 amide bonds. The van der Waals surface area contributed by atoms with Crippen LogP contribution in [0.2, 0.25) is 0 Å². The molecule has 0 aliphatic rings. The van der Waals surface area contributed by atoms with Gasteiger partial charge in [0.2, 0.25) is 0 Å². The molecule has 0 spiro atoms. The molecule has 0 aromatic carbocycles. The van der Waals surface area contributed by atoms with Crippen LogP contribution in [-0.4, -0.2) is 23.5 Å². The van der Waals surface area contributed by atoms with E-state index in [1.165, 1.54) is 4.68 Å². The average Bonchev–Trinajstić information content (AvgIpc) is 2.30. The zero-order chi connectivity index (χ0) is 12.8. The topological polar surface area (TPSA) is 67.9 Å². The fourth-order valence-corrected chi connectivity index (χ4v) is 1.44. The van der Waals surface area contributed by atoms with Crippen molar-refractivity contribution in [2.75, 3.05) is 13.7 Å². The molecule has 1 heterocycles. The molecule has 0 atom stereocenters. The van der Waals surface area contributed by atoms with Gasteiger partial charge in [-0.05, 0) is 12.0 Å². The Bertz CT molecular complexity index is 472. The van der Waals surface area contributed by atoms with E-state index in [4.69, 9.17) is 10.00 Å². The van der Waals surface area contributed by atoms with E-state index in [9.17, 15) is 4.79 Å². The van der Waals surface area contributed by atoms with E-state index in [0.717, 1.165) is 5.69 Å². The first-order valence-corrected chi connectivity index (χ1v) is 5.57. The van der Waals surface area contributed by atoms with Gasteiger partial charge in [0.05, 0.1) is 31.3 Å². The molecular weight excluding hydrogens is 218 g/mol. The number of ether oxygens (including phenoxy) is 1. The third kappa shape index (κ3) is 3.40. The second kappa shape index (κ2) is 6.16. The third-order valence-electron chi connectivity index (χ3n) is 2.44. The van der Waals surface area contributed by atoms with E-state index in [1.807, 2.05) is 19.9 Å². The molecule has 0 fully saturated rings. The highest BCUT2D eigenvalue weighted by atomic mass is 16.5. The smallest absolute Gasteiger partial charge is 0.271 e. The number of hydrogen-bond acceptors (Lipinski definition) is 4. The van der Waals surface area contributed by atoms with Gasteiger partial charge in [-0.3, -0.25) is 4.79 Å². The summed E-state index contributed by atoms with van der Waals surface area (Å²) in [6, 6.07) is 3.72. The third-order valence-corrected chi connectivity index (χ3v) is 2.44. The Morgan fingerprint density at radius 3 is 2.82 bits per heavy atom. The lowest BCUT2D eigenvalue weighted by Gasteiger charge is -2.10. The van der Waals surface area contributed by atoms with E-state index in [1.54, 1.807) is 13.2 Å². The molecule has 1 aromatic rings. The molecular formula is C12H17N3O2. The van der Waals surface area contributed by atoms with Gasteiger partial charge in [-0.15, -0.1) is 0 Å². The lowest BCUT2D eigenvalue weighted by atomic mass is 10.1. The molecule has 0 saturated heterocycles. The maximum absolute atomic E-state index is 11.9. The first kappa shape index (κ1) is 13.4. The summed E-state index contributed by atoms with van der Waals surface area (Å²) < 4.78 is 6.32. The highest BCUT2D eigenvalue weighted by molar-refractivity contribution is 5.19. The monoisotopic (exact) mass is 235 g/mol. The molecule has 0 aliphatic carbocycles. The number of rotatable bonds is 5. The van der Waals surface area contributed by atoms with Crippen LogP contribution in [0.4, 0.5) is 0 Å². The molecule has 5 nitrogen and oxygen atoms in total. The Hall–Kier alpha value is -1.67. The van der Waals surface area contributed by atoms with Gasteiger partial charge in [-0.1, -0.05) is 13.8 Å². The zero-order valence-corrected chi connectivity index (χ0v) is 10.4. The van der Waals surface area contributed by atoms with E-state index in [2.05, 4.69) is 5.10 Å². The van der Waals surface area contributed by atoms with E-state index in [0.29, 0.717) is 18.7 Å². The van der Waals surface area contributed by atoms with Gasteiger partial charge in [0.15, 0.2) is 0 Å². The van der Waals surface area contributed by atoms with Crippen molar-refractivity contribution in [3.63, 3.8) is 0 Å². The Labute approximate surface area is 101 Å². The van der Waals surface area contributed by atoms with Gasteiger partial charge in [0.25, 0.3) is 5.56 Å². The van der Waals surface area contributed by atoms with Gasteiger partial charge in [0, 0.05) is 12.7 Å². The average molecular weight is 235 g/mol. The maximum Gasteiger partial charge on any atom is 0.271 e. The Morgan fingerprint density at radius 2 is 2.29 bits per heavy atom. The van der Waals surface area contributed by atoms with Crippen LogP contribution in [0.3, 0.4) is 0 Å². The SMILES string of the molecule is COCCn1nc(C(C)C)cc(CC#N)c1=O. The first-order valence-electron chi connectivity index (χ1n) is 5.57. The summed E-state index contributed by atoms with van der Waals surface area (Å²) in [6.45, 7) is 4.85. The van der Waals surface area contributed by atoms with Crippen molar-refractivity contribution in [3.05, 3.63) is 27.7 Å². The highest BCUT2D eigenvalue weighted by Crippen LogP contribution is 2.10. The lowest BCUT2D eigenvalue weighted by Crippen LogP contribution is -2.29. The summed E-state index contributed by atoms with van der Waals surface area (Å²) in [5, 5.41) is 13.0. The molecule has 1 rings (SSSR count). The number of nitrogens with zero attached hydrogens (tertiary/aromatic N) is 3. The second-order valence-electron chi connectivity index (χ2n) is 4.11. The maximum atomic E-state index is 11.9. The standard InChI is InChI=1S/C12H17N3O2/c1-9(2)11-8-10(4-5-13)12(16)15(14-11)6-7-17-3/h8-9H,4,6-7H2,1-3H3. The van der Waals surface area contributed by atoms with E-state index in [-0.39, 0.29) is 17.9 Å². The van der Waals surface area contributed by atoms with Crippen molar-refractivity contribution in [2.24, 2.45) is 0 Å². The summed E-state index contributed by atoms with van der Waals surface area (Å²) in [5.74, 6) is 0.224. The van der Waals surface area contributed by atoms with E-state index < -0.39 is 0 Å². The summed E-state index contributed by atoms with van der Waals surface area (Å²) in [6.07, 6.45) is 0.119. The quantitative estimate of drug-likeness (QED) is 0.765. The van der Waals surface area contributed by atoms with Crippen LogP contribution in [0.25, 0.3) is 0 Å². The summed E-state index contributed by atoms with van der Waals surface area (Å²) in [7, 11) is 1.58. The largest absolute Gasteiger partial charge is 0.383 e. The Balaban J connectivity index is 3.18. The first-order chi connectivity index (χ1) is 8.10. The minimum Gasteiger partial charge on any atom is -0.383 e. The van der Waals surface area contributed by atoms with Gasteiger partial charge >= 0.3 is 0 Å². The van der Waals surface area contributed by atoms with Crippen molar-refractivity contribution < 1.29 is 4.74 Å². The van der Waals surface area contributed by atoms with Crippen LogP contribution in [0, 0.1) is 11.3 Å². The van der Waals surface area contributed by atoms with Crippen LogP contribution in [0.15, 0.2) is 10.9 Å². The fourth-order valence-electron chi connectivity index (χ4n) is 1.44. The minimum absolute atomic E-state index is 0.119. The predicted octanol–water partition coefficient (Wildman–Crippen LogP) is 1.08. The van der Waals surface area contributed by atoms with Crippen LogP contribution in [0.1, 0.15) is 31.0 Å². The van der Waals surface area contributed by atoms with Crippen LogP contribution in [-0.2, 0) is 17.7 Å². The van der Waals surface area contributed by atoms with Crippen LogP contribution in [0.5, 0.6) is 0 Å². The molecule has 0 unspecified atom stereocenters. The minimum atomic E-state index is -0.201. The number of hydrogen-bond donors (Lipinski definition) is 0. The van der Waals surface area contributed by atoms with Crippen LogP contribution >= 0.6 is 0 Å². The van der Waals surface area contributed by atoms with Gasteiger partial charge in [-0.2, -0.15) is 10.4 Å². The van der Waals surface area contributed by atoms with Gasteiger partial charge in [-0.25, -0.2) is 4.68 Å². The fraction of sp³-hybridized carbons (Fsp3) is 0.583. The summed E-state index contributed by atoms with van der Waals surface area (Å²) in [5.41, 5.74) is 1.13. The molecule has 0 saturated carbocycles. The molecule has 5 heteroatoms. The molecule has 1 aromatic heterocycles. The molecule has 92 valence electrons.